The van der Waals surface area contributed by atoms with Crippen LogP contribution < -0.4 is 10.8 Å². The van der Waals surface area contributed by atoms with E-state index in [-0.39, 0.29) is 5.91 Å². The van der Waals surface area contributed by atoms with Crippen LogP contribution in [0.3, 0.4) is 0 Å². The molecule has 0 aromatic carbocycles. The average Bonchev–Trinajstić information content (AvgIpc) is 2.53. The summed E-state index contributed by atoms with van der Waals surface area (Å²) in [5.74, 6) is -0.221. The zero-order valence-electron chi connectivity index (χ0n) is 8.12. The molecular weight excluding hydrogens is 196 g/mol. The first-order valence-electron chi connectivity index (χ1n) is 4.93. The Kier molecular flexibility index (Phi) is 1.96. The predicted molar refractivity (Wildman–Crippen MR) is 50.5 cm³/mol. The molecule has 1 aromatic heterocycles. The highest BCUT2D eigenvalue weighted by molar-refractivity contribution is 5.93. The number of hydroxylamine groups is 1. The number of nitrogens with one attached hydrogen (secondary N) is 2. The minimum atomic E-state index is -0.221. The molecule has 6 heteroatoms. The van der Waals surface area contributed by atoms with E-state index in [4.69, 9.17) is 4.84 Å². The summed E-state index contributed by atoms with van der Waals surface area (Å²) >= 11 is 0. The van der Waals surface area contributed by atoms with Crippen molar-refractivity contribution in [2.45, 2.75) is 19.5 Å². The maximum atomic E-state index is 11.7. The Bertz CT molecular complexity index is 412. The fourth-order valence-corrected chi connectivity index (χ4v) is 1.99. The maximum Gasteiger partial charge on any atom is 0.293 e. The highest BCUT2D eigenvalue weighted by Gasteiger charge is 2.26. The Labute approximate surface area is 86.5 Å². The molecule has 79 valence electrons. The fraction of sp³-hybridized carbons (Fsp3) is 0.444. The topological polar surface area (TPSA) is 68.2 Å². The van der Waals surface area contributed by atoms with Crippen molar-refractivity contribution in [3.05, 3.63) is 23.6 Å². The second kappa shape index (κ2) is 3.32. The normalized spacial score (nSPS) is 20.1. The van der Waals surface area contributed by atoms with Gasteiger partial charge in [0.2, 0.25) is 0 Å². The number of rotatable bonds is 0. The van der Waals surface area contributed by atoms with Gasteiger partial charge < -0.3 is 5.32 Å². The summed E-state index contributed by atoms with van der Waals surface area (Å²) in [6.07, 6.45) is 0.878. The molecule has 1 aromatic rings. The molecule has 2 aliphatic rings. The highest BCUT2D eigenvalue weighted by Crippen LogP contribution is 2.19. The molecule has 0 fully saturated rings. The standard InChI is InChI=1S/C9H11N4O2/c14-9-8-6-5-10-2-1-7(6)11-13(8)3-4-15-12-9/h4,10H,1-3,5H2,(H,12,14). The van der Waals surface area contributed by atoms with Crippen molar-refractivity contribution in [2.24, 2.45) is 0 Å². The van der Waals surface area contributed by atoms with Gasteiger partial charge in [-0.15, -0.1) is 0 Å². The lowest BCUT2D eigenvalue weighted by Gasteiger charge is -2.11. The second-order valence-electron chi connectivity index (χ2n) is 3.60. The number of nitrogens with zero attached hydrogens (tertiary/aromatic N) is 2. The molecule has 3 heterocycles. The summed E-state index contributed by atoms with van der Waals surface area (Å²) in [7, 11) is 0. The van der Waals surface area contributed by atoms with Gasteiger partial charge >= 0.3 is 0 Å². The molecule has 2 N–H and O–H groups in total. The van der Waals surface area contributed by atoms with Gasteiger partial charge in [-0.05, 0) is 0 Å². The van der Waals surface area contributed by atoms with E-state index in [1.54, 1.807) is 4.68 Å². The third-order valence-electron chi connectivity index (χ3n) is 2.67. The fourth-order valence-electron chi connectivity index (χ4n) is 1.99. The van der Waals surface area contributed by atoms with E-state index in [1.165, 1.54) is 6.61 Å². The Morgan fingerprint density at radius 2 is 2.47 bits per heavy atom. The van der Waals surface area contributed by atoms with Gasteiger partial charge in [-0.3, -0.25) is 14.3 Å². The quantitative estimate of drug-likeness (QED) is 0.594. The van der Waals surface area contributed by atoms with Crippen molar-refractivity contribution < 1.29 is 9.63 Å². The second-order valence-corrected chi connectivity index (χ2v) is 3.60. The van der Waals surface area contributed by atoms with E-state index in [1.807, 2.05) is 0 Å². The average molecular weight is 207 g/mol. The summed E-state index contributed by atoms with van der Waals surface area (Å²) in [6.45, 7) is 3.66. The Morgan fingerprint density at radius 1 is 1.53 bits per heavy atom. The van der Waals surface area contributed by atoms with Crippen LogP contribution in [0, 0.1) is 6.61 Å². The number of carbonyl (C=O) groups is 1. The van der Waals surface area contributed by atoms with Gasteiger partial charge in [-0.2, -0.15) is 5.10 Å². The smallest absolute Gasteiger partial charge is 0.293 e. The number of amides is 1. The van der Waals surface area contributed by atoms with Crippen LogP contribution in [0.1, 0.15) is 21.7 Å². The van der Waals surface area contributed by atoms with Crippen LogP contribution in [0.25, 0.3) is 0 Å². The molecule has 1 amide bonds. The van der Waals surface area contributed by atoms with Crippen LogP contribution in [0.2, 0.25) is 0 Å². The molecule has 2 aliphatic heterocycles. The van der Waals surface area contributed by atoms with Gasteiger partial charge in [0, 0.05) is 25.1 Å². The summed E-state index contributed by atoms with van der Waals surface area (Å²) < 4.78 is 1.69. The van der Waals surface area contributed by atoms with Crippen molar-refractivity contribution in [1.82, 2.24) is 20.6 Å². The third kappa shape index (κ3) is 1.33. The molecule has 0 bridgehead atoms. The zero-order valence-corrected chi connectivity index (χ0v) is 8.12. The van der Waals surface area contributed by atoms with Gasteiger partial charge in [-0.25, -0.2) is 5.48 Å². The molecule has 3 rings (SSSR count). The lowest BCUT2D eigenvalue weighted by atomic mass is 10.1. The van der Waals surface area contributed by atoms with Crippen molar-refractivity contribution in [3.8, 4) is 0 Å². The van der Waals surface area contributed by atoms with Gasteiger partial charge in [0.15, 0.2) is 0 Å². The van der Waals surface area contributed by atoms with Crippen LogP contribution in [0.4, 0.5) is 0 Å². The minimum Gasteiger partial charge on any atom is -0.312 e. The first-order chi connectivity index (χ1) is 7.36. The predicted octanol–water partition coefficient (Wildman–Crippen LogP) is -0.634. The van der Waals surface area contributed by atoms with Crippen molar-refractivity contribution in [2.75, 3.05) is 6.54 Å². The van der Waals surface area contributed by atoms with Crippen molar-refractivity contribution >= 4 is 5.91 Å². The van der Waals surface area contributed by atoms with Crippen LogP contribution in [0.15, 0.2) is 0 Å². The number of hydrogen-bond donors (Lipinski definition) is 2. The minimum absolute atomic E-state index is 0.221. The lowest BCUT2D eigenvalue weighted by molar-refractivity contribution is 0.0561. The highest BCUT2D eigenvalue weighted by atomic mass is 16.7. The van der Waals surface area contributed by atoms with E-state index in [0.29, 0.717) is 18.8 Å². The van der Waals surface area contributed by atoms with Crippen LogP contribution in [-0.4, -0.2) is 22.2 Å². The Morgan fingerprint density at radius 3 is 3.40 bits per heavy atom. The molecule has 0 spiro atoms. The first-order valence-corrected chi connectivity index (χ1v) is 4.93. The van der Waals surface area contributed by atoms with Crippen molar-refractivity contribution in [1.29, 1.82) is 0 Å². The number of hydrogen-bond acceptors (Lipinski definition) is 4. The molecule has 0 saturated heterocycles. The van der Waals surface area contributed by atoms with Gasteiger partial charge in [0.1, 0.15) is 12.3 Å². The van der Waals surface area contributed by atoms with E-state index in [2.05, 4.69) is 15.9 Å². The Hall–Kier alpha value is -1.40. The molecule has 6 nitrogen and oxygen atoms in total. The maximum absolute atomic E-state index is 11.7. The van der Waals surface area contributed by atoms with E-state index in [9.17, 15) is 4.79 Å². The summed E-state index contributed by atoms with van der Waals surface area (Å²) in [4.78, 5) is 16.5. The van der Waals surface area contributed by atoms with Gasteiger partial charge in [-0.1, -0.05) is 0 Å². The number of aromatic nitrogens is 2. The van der Waals surface area contributed by atoms with Crippen molar-refractivity contribution in [3.63, 3.8) is 0 Å². The van der Waals surface area contributed by atoms with Crippen LogP contribution in [0.5, 0.6) is 0 Å². The zero-order chi connectivity index (χ0) is 10.3. The van der Waals surface area contributed by atoms with Crippen LogP contribution >= 0.6 is 0 Å². The molecule has 1 radical (unpaired) electrons. The number of carbonyl (C=O) groups excluding carboxylic acids is 1. The van der Waals surface area contributed by atoms with Gasteiger partial charge in [0.05, 0.1) is 12.2 Å². The monoisotopic (exact) mass is 207 g/mol. The molecule has 15 heavy (non-hydrogen) atoms. The number of fused-ring (bicyclic) bond motifs is 3. The van der Waals surface area contributed by atoms with E-state index < -0.39 is 0 Å². The van der Waals surface area contributed by atoms with E-state index >= 15 is 0 Å². The summed E-state index contributed by atoms with van der Waals surface area (Å²) in [5, 5.41) is 7.64. The van der Waals surface area contributed by atoms with E-state index in [0.717, 1.165) is 24.2 Å². The first kappa shape index (κ1) is 8.87. The molecule has 0 saturated carbocycles. The molecule has 0 unspecified atom stereocenters. The SMILES string of the molecule is O=C1NO[CH]Cn2nc3c(c21)CNCC3. The molecule has 0 atom stereocenters. The largest absolute Gasteiger partial charge is 0.312 e. The summed E-state index contributed by atoms with van der Waals surface area (Å²) in [5.41, 5.74) is 4.99. The molecular formula is C9H11N4O2. The Balaban J connectivity index is 2.12. The molecule has 0 aliphatic carbocycles. The summed E-state index contributed by atoms with van der Waals surface area (Å²) in [6, 6.07) is 0. The van der Waals surface area contributed by atoms with Crippen LogP contribution in [-0.2, 0) is 24.3 Å². The van der Waals surface area contributed by atoms with Gasteiger partial charge in [0.25, 0.3) is 5.91 Å². The lowest BCUT2D eigenvalue weighted by Crippen LogP contribution is -2.27. The third-order valence-corrected chi connectivity index (χ3v) is 2.67.